The summed E-state index contributed by atoms with van der Waals surface area (Å²) in [7, 11) is 0. The fourth-order valence-electron chi connectivity index (χ4n) is 4.03. The lowest BCUT2D eigenvalue weighted by Crippen LogP contribution is -2.57. The number of ether oxygens (including phenoxy) is 1. The minimum atomic E-state index is -5.08. The van der Waals surface area contributed by atoms with Crippen LogP contribution in [0.2, 0.25) is 0 Å². The summed E-state index contributed by atoms with van der Waals surface area (Å²) < 4.78 is 37.5. The van der Waals surface area contributed by atoms with E-state index in [2.05, 4.69) is 10.6 Å². The van der Waals surface area contributed by atoms with Gasteiger partial charge in [0, 0.05) is 24.3 Å². The van der Waals surface area contributed by atoms with Crippen LogP contribution in [0.25, 0.3) is 0 Å². The van der Waals surface area contributed by atoms with Crippen molar-refractivity contribution in [1.82, 2.24) is 10.2 Å². The molecule has 4 rings (SSSR count). The van der Waals surface area contributed by atoms with E-state index in [0.717, 1.165) is 16.7 Å². The number of amides is 3. The quantitative estimate of drug-likeness (QED) is 0.286. The molecule has 0 aromatic heterocycles. The summed E-state index contributed by atoms with van der Waals surface area (Å²) in [4.78, 5) is 49.2. The Balaban J connectivity index is 0.000000676. The third-order valence-electron chi connectivity index (χ3n) is 6.36. The van der Waals surface area contributed by atoms with E-state index in [-0.39, 0.29) is 18.4 Å². The van der Waals surface area contributed by atoms with Gasteiger partial charge in [0.1, 0.15) is 6.04 Å². The van der Waals surface area contributed by atoms with Crippen molar-refractivity contribution in [2.24, 2.45) is 5.73 Å². The van der Waals surface area contributed by atoms with E-state index in [0.29, 0.717) is 30.9 Å². The van der Waals surface area contributed by atoms with Crippen LogP contribution in [-0.4, -0.2) is 58.1 Å². The smallest absolute Gasteiger partial charge is 0.475 e. The Hall–Kier alpha value is -4.75. The van der Waals surface area contributed by atoms with Crippen LogP contribution in [0, 0.1) is 0 Å². The van der Waals surface area contributed by atoms with Gasteiger partial charge in [0.05, 0.1) is 18.8 Å². The number of alkyl halides is 3. The van der Waals surface area contributed by atoms with Gasteiger partial charge in [-0.05, 0) is 54.8 Å². The number of carbonyl (C=O) groups excluding carboxylic acids is 3. The van der Waals surface area contributed by atoms with Crippen LogP contribution in [-0.2, 0) is 38.8 Å². The lowest BCUT2D eigenvalue weighted by atomic mass is 10.1. The average molecular weight is 615 g/mol. The number of carboxylic acid groups (broad SMARTS) is 1. The van der Waals surface area contributed by atoms with Crippen LogP contribution in [0.1, 0.15) is 40.9 Å². The number of aliphatic carboxylic acids is 1. The van der Waals surface area contributed by atoms with Gasteiger partial charge in [0.25, 0.3) is 5.91 Å². The Labute approximate surface area is 252 Å². The highest BCUT2D eigenvalue weighted by Gasteiger charge is 2.38. The number of carboxylic acids is 1. The number of nitrogens with one attached hydrogen (secondary N) is 2. The molecule has 1 aliphatic heterocycles. The van der Waals surface area contributed by atoms with Crippen LogP contribution in [0.4, 0.5) is 18.9 Å². The Morgan fingerprint density at radius 3 is 2.07 bits per heavy atom. The summed E-state index contributed by atoms with van der Waals surface area (Å²) in [6.07, 6.45) is -5.08. The number of anilines is 1. The predicted molar refractivity (Wildman–Crippen MR) is 155 cm³/mol. The summed E-state index contributed by atoms with van der Waals surface area (Å²) in [5.74, 6) is -3.64. The molecule has 234 valence electrons. The first kappa shape index (κ1) is 33.7. The van der Waals surface area contributed by atoms with Gasteiger partial charge < -0.3 is 31.1 Å². The fourth-order valence-corrected chi connectivity index (χ4v) is 4.03. The minimum absolute atomic E-state index is 0.0147. The number of nitrogens with zero attached hydrogens (tertiary/aromatic N) is 1. The SMILES string of the molecule is CC(C)(N)C(=O)N[C@H](COCc1ccccc1)C(=O)N1Cc2ccc(NC(=O)c3ccccc3)cc2C1.O=C(O)C(F)(F)F. The second-order valence-corrected chi connectivity index (χ2v) is 10.5. The molecule has 0 radical (unpaired) electrons. The molecule has 3 amide bonds. The standard InChI is InChI=1S/C29H32N4O4.C2HF3O2/c1-29(2,30)28(36)32-25(19-37-18-20-9-5-3-6-10-20)27(35)33-16-22-13-14-24(15-23(22)17-33)31-26(34)21-11-7-4-8-12-21;3-2(4,5)1(6)7/h3-15,25H,16-19,30H2,1-2H3,(H,31,34)(H,32,36);(H,6,7)/t25-;/m1./s1. The summed E-state index contributed by atoms with van der Waals surface area (Å²) in [6, 6.07) is 23.3. The third kappa shape index (κ3) is 9.92. The Kier molecular flexibility index (Phi) is 11.2. The molecule has 0 spiro atoms. The van der Waals surface area contributed by atoms with E-state index in [9.17, 15) is 27.6 Å². The first-order valence-corrected chi connectivity index (χ1v) is 13.4. The van der Waals surface area contributed by atoms with Crippen LogP contribution < -0.4 is 16.4 Å². The third-order valence-corrected chi connectivity index (χ3v) is 6.36. The second-order valence-electron chi connectivity index (χ2n) is 10.5. The normalized spacial score (nSPS) is 13.2. The topological polar surface area (TPSA) is 151 Å². The Bertz CT molecular complexity index is 1460. The molecule has 44 heavy (non-hydrogen) atoms. The number of hydrogen-bond acceptors (Lipinski definition) is 6. The van der Waals surface area contributed by atoms with Gasteiger partial charge in [-0.15, -0.1) is 0 Å². The lowest BCUT2D eigenvalue weighted by Gasteiger charge is -2.27. The second kappa shape index (κ2) is 14.6. The number of halogens is 3. The minimum Gasteiger partial charge on any atom is -0.475 e. The Morgan fingerprint density at radius 2 is 1.50 bits per heavy atom. The number of carbonyl (C=O) groups is 4. The first-order valence-electron chi connectivity index (χ1n) is 13.4. The van der Waals surface area contributed by atoms with Crippen molar-refractivity contribution in [1.29, 1.82) is 0 Å². The van der Waals surface area contributed by atoms with E-state index < -0.39 is 29.6 Å². The van der Waals surface area contributed by atoms with Gasteiger partial charge >= 0.3 is 12.1 Å². The van der Waals surface area contributed by atoms with E-state index in [1.165, 1.54) is 0 Å². The van der Waals surface area contributed by atoms with Crippen LogP contribution in [0.5, 0.6) is 0 Å². The predicted octanol–water partition coefficient (Wildman–Crippen LogP) is 3.85. The van der Waals surface area contributed by atoms with Crippen molar-refractivity contribution in [2.45, 2.75) is 51.3 Å². The molecule has 0 fully saturated rings. The molecule has 1 aliphatic rings. The summed E-state index contributed by atoms with van der Waals surface area (Å²) in [5, 5.41) is 12.8. The molecule has 1 heterocycles. The summed E-state index contributed by atoms with van der Waals surface area (Å²) in [5.41, 5.74) is 8.93. The van der Waals surface area contributed by atoms with Crippen molar-refractivity contribution in [3.05, 3.63) is 101 Å². The largest absolute Gasteiger partial charge is 0.490 e. The van der Waals surface area contributed by atoms with Crippen LogP contribution >= 0.6 is 0 Å². The molecule has 5 N–H and O–H groups in total. The van der Waals surface area contributed by atoms with Gasteiger partial charge in [-0.2, -0.15) is 13.2 Å². The summed E-state index contributed by atoms with van der Waals surface area (Å²) >= 11 is 0. The molecule has 10 nitrogen and oxygen atoms in total. The van der Waals surface area contributed by atoms with E-state index in [4.69, 9.17) is 20.4 Å². The Morgan fingerprint density at radius 1 is 0.932 bits per heavy atom. The molecule has 1 atom stereocenters. The molecule has 3 aromatic rings. The van der Waals surface area contributed by atoms with Crippen molar-refractivity contribution in [3.8, 4) is 0 Å². The molecule has 0 aliphatic carbocycles. The molecule has 0 bridgehead atoms. The number of benzene rings is 3. The molecular weight excluding hydrogens is 581 g/mol. The highest BCUT2D eigenvalue weighted by Crippen LogP contribution is 2.27. The first-order chi connectivity index (χ1) is 20.6. The van der Waals surface area contributed by atoms with Crippen LogP contribution in [0.15, 0.2) is 78.9 Å². The molecule has 0 saturated carbocycles. The highest BCUT2D eigenvalue weighted by molar-refractivity contribution is 6.04. The number of hydrogen-bond donors (Lipinski definition) is 4. The zero-order chi connectivity index (χ0) is 32.5. The van der Waals surface area contributed by atoms with Crippen molar-refractivity contribution in [2.75, 3.05) is 11.9 Å². The lowest BCUT2D eigenvalue weighted by molar-refractivity contribution is -0.192. The van der Waals surface area contributed by atoms with Gasteiger partial charge in [-0.1, -0.05) is 54.6 Å². The summed E-state index contributed by atoms with van der Waals surface area (Å²) in [6.45, 7) is 4.27. The van der Waals surface area contributed by atoms with Gasteiger partial charge in [0.15, 0.2) is 0 Å². The fraction of sp³-hybridized carbons (Fsp3) is 0.290. The van der Waals surface area contributed by atoms with Crippen LogP contribution in [0.3, 0.4) is 0 Å². The molecule has 0 saturated heterocycles. The maximum Gasteiger partial charge on any atom is 0.490 e. The average Bonchev–Trinajstić information content (AvgIpc) is 3.40. The van der Waals surface area contributed by atoms with E-state index >= 15 is 0 Å². The number of fused-ring (bicyclic) bond motifs is 1. The molecule has 0 unspecified atom stereocenters. The maximum absolute atomic E-state index is 13.5. The van der Waals surface area contributed by atoms with Crippen molar-refractivity contribution < 1.29 is 42.2 Å². The van der Waals surface area contributed by atoms with Gasteiger partial charge in [-0.3, -0.25) is 14.4 Å². The van der Waals surface area contributed by atoms with E-state index in [1.807, 2.05) is 66.7 Å². The number of nitrogens with two attached hydrogens (primary N) is 1. The molecule has 3 aromatic carbocycles. The van der Waals surface area contributed by atoms with Gasteiger partial charge in [-0.25, -0.2) is 4.79 Å². The highest BCUT2D eigenvalue weighted by atomic mass is 19.4. The molecular formula is C31H33F3N4O6. The zero-order valence-electron chi connectivity index (χ0n) is 24.1. The van der Waals surface area contributed by atoms with E-state index in [1.54, 1.807) is 30.9 Å². The number of rotatable bonds is 9. The maximum atomic E-state index is 13.5. The monoisotopic (exact) mass is 614 g/mol. The van der Waals surface area contributed by atoms with Crippen molar-refractivity contribution >= 4 is 29.4 Å². The van der Waals surface area contributed by atoms with Crippen molar-refractivity contribution in [3.63, 3.8) is 0 Å². The van der Waals surface area contributed by atoms with Gasteiger partial charge in [0.2, 0.25) is 11.8 Å². The zero-order valence-corrected chi connectivity index (χ0v) is 24.1. The molecule has 13 heteroatoms.